The fourth-order valence-electron chi connectivity index (χ4n) is 5.58. The van der Waals surface area contributed by atoms with Gasteiger partial charge < -0.3 is 14.2 Å². The molecule has 3 unspecified atom stereocenters. The molecule has 3 saturated heterocycles. The Hall–Kier alpha value is -3.24. The number of aromatic nitrogens is 1. The molecule has 0 N–H and O–H groups in total. The third kappa shape index (κ3) is 4.94. The minimum atomic E-state index is -0.999. The molecule has 3 fully saturated rings. The lowest BCUT2D eigenvalue weighted by Crippen LogP contribution is -2.60. The van der Waals surface area contributed by atoms with E-state index in [1.54, 1.807) is 37.6 Å². The number of ether oxygens (including phenoxy) is 3. The van der Waals surface area contributed by atoms with E-state index in [-0.39, 0.29) is 6.04 Å². The van der Waals surface area contributed by atoms with E-state index in [0.29, 0.717) is 28.9 Å². The van der Waals surface area contributed by atoms with Gasteiger partial charge in [-0.25, -0.2) is 9.59 Å². The third-order valence-electron chi connectivity index (χ3n) is 7.57. The highest BCUT2D eigenvalue weighted by Crippen LogP contribution is 2.50. The second-order valence-corrected chi connectivity index (χ2v) is 11.2. The van der Waals surface area contributed by atoms with E-state index in [0.717, 1.165) is 48.5 Å². The third-order valence-corrected chi connectivity index (χ3v) is 9.09. The number of esters is 2. The normalized spacial score (nSPS) is 23.7. The summed E-state index contributed by atoms with van der Waals surface area (Å²) in [4.78, 5) is 32.1. The van der Waals surface area contributed by atoms with Crippen molar-refractivity contribution in [3.63, 3.8) is 0 Å². The van der Waals surface area contributed by atoms with Crippen LogP contribution in [0, 0.1) is 11.8 Å². The van der Waals surface area contributed by atoms with Gasteiger partial charge in [-0.1, -0.05) is 12.7 Å². The monoisotopic (exact) mass is 624 g/mol. The molecule has 0 saturated carbocycles. The van der Waals surface area contributed by atoms with Crippen LogP contribution in [0.5, 0.6) is 11.5 Å². The standard InChI is InChI=1S/C30H29IN2O5/c1-4-19-18-33-15-13-21(19)16-27(33)30(31,25-12-14-32-26-11-10-23(36-3)17-24(25)26)38-29(35)20-6-8-22(9-7-20)37-28(34)5-2/h4-12,14,17,19,21,27H,1-2,13,15-16,18H2,3H3/t19-,21?,27-,30?/m0/s1. The van der Waals surface area contributed by atoms with Crippen LogP contribution in [-0.4, -0.2) is 48.1 Å². The molecule has 1 aromatic heterocycles. The molecule has 196 valence electrons. The highest BCUT2D eigenvalue weighted by atomic mass is 127. The first-order valence-corrected chi connectivity index (χ1v) is 13.6. The topological polar surface area (TPSA) is 78.0 Å². The molecule has 2 bridgehead atoms. The summed E-state index contributed by atoms with van der Waals surface area (Å²) in [5, 5.41) is 0.878. The molecule has 3 aliphatic heterocycles. The van der Waals surface area contributed by atoms with Crippen LogP contribution in [-0.2, 0) is 13.1 Å². The van der Waals surface area contributed by atoms with Crippen molar-refractivity contribution in [2.24, 2.45) is 11.8 Å². The van der Waals surface area contributed by atoms with Crippen molar-refractivity contribution in [1.82, 2.24) is 9.88 Å². The van der Waals surface area contributed by atoms with Gasteiger partial charge in [-0.05, 0) is 102 Å². The zero-order valence-corrected chi connectivity index (χ0v) is 23.3. The molecule has 2 aromatic carbocycles. The Morgan fingerprint density at radius 3 is 2.55 bits per heavy atom. The summed E-state index contributed by atoms with van der Waals surface area (Å²) in [6, 6.07) is 14.0. The van der Waals surface area contributed by atoms with Gasteiger partial charge in [0.25, 0.3) is 0 Å². The van der Waals surface area contributed by atoms with Gasteiger partial charge in [0.05, 0.1) is 24.2 Å². The average molecular weight is 624 g/mol. The van der Waals surface area contributed by atoms with Crippen molar-refractivity contribution < 1.29 is 23.8 Å². The summed E-state index contributed by atoms with van der Waals surface area (Å²) in [6.45, 7) is 9.29. The summed E-state index contributed by atoms with van der Waals surface area (Å²) in [6.07, 6.45) is 6.89. The largest absolute Gasteiger partial charge is 0.497 e. The molecule has 0 aliphatic carbocycles. The molecule has 6 rings (SSSR count). The Bertz CT molecular complexity index is 1390. The molecular weight excluding hydrogens is 595 g/mol. The molecule has 0 radical (unpaired) electrons. The van der Waals surface area contributed by atoms with Crippen molar-refractivity contribution in [3.8, 4) is 11.5 Å². The van der Waals surface area contributed by atoms with Crippen LogP contribution in [0.15, 0.2) is 80.0 Å². The lowest BCUT2D eigenvalue weighted by molar-refractivity contribution is -0.128. The van der Waals surface area contributed by atoms with Crippen molar-refractivity contribution in [2.75, 3.05) is 20.2 Å². The number of benzene rings is 2. The van der Waals surface area contributed by atoms with E-state index >= 15 is 0 Å². The predicted molar refractivity (Wildman–Crippen MR) is 153 cm³/mol. The van der Waals surface area contributed by atoms with Gasteiger partial charge >= 0.3 is 11.9 Å². The average Bonchev–Trinajstić information content (AvgIpc) is 2.96. The van der Waals surface area contributed by atoms with E-state index in [9.17, 15) is 9.59 Å². The van der Waals surface area contributed by atoms with Gasteiger partial charge in [0, 0.05) is 29.8 Å². The van der Waals surface area contributed by atoms with Gasteiger partial charge in [-0.3, -0.25) is 9.88 Å². The maximum Gasteiger partial charge on any atom is 0.339 e. The Balaban J connectivity index is 1.55. The van der Waals surface area contributed by atoms with Crippen LogP contribution in [0.4, 0.5) is 0 Å². The minimum absolute atomic E-state index is 0.0355. The number of alkyl halides is 1. The Morgan fingerprint density at radius 2 is 1.89 bits per heavy atom. The summed E-state index contributed by atoms with van der Waals surface area (Å²) < 4.78 is 16.1. The van der Waals surface area contributed by atoms with Crippen LogP contribution < -0.4 is 9.47 Å². The van der Waals surface area contributed by atoms with E-state index in [1.165, 1.54) is 0 Å². The number of fused-ring (bicyclic) bond motifs is 4. The number of rotatable bonds is 8. The van der Waals surface area contributed by atoms with Gasteiger partial charge in [0.1, 0.15) is 11.5 Å². The Kier molecular flexibility index (Phi) is 7.54. The lowest BCUT2D eigenvalue weighted by Gasteiger charge is -2.53. The number of methoxy groups -OCH3 is 1. The van der Waals surface area contributed by atoms with E-state index in [1.807, 2.05) is 24.3 Å². The number of hydrogen-bond acceptors (Lipinski definition) is 7. The van der Waals surface area contributed by atoms with Gasteiger partial charge in [0.15, 0.2) is 0 Å². The first kappa shape index (κ1) is 26.4. The maximum atomic E-state index is 13.6. The smallest absolute Gasteiger partial charge is 0.339 e. The Labute approximate surface area is 235 Å². The zero-order valence-electron chi connectivity index (χ0n) is 21.1. The van der Waals surface area contributed by atoms with Crippen molar-refractivity contribution in [2.45, 2.75) is 22.5 Å². The van der Waals surface area contributed by atoms with Crippen LogP contribution in [0.1, 0.15) is 28.8 Å². The van der Waals surface area contributed by atoms with E-state index in [4.69, 9.17) is 14.2 Å². The number of pyridine rings is 1. The fourth-order valence-corrected chi connectivity index (χ4v) is 6.90. The molecule has 7 nitrogen and oxygen atoms in total. The maximum absolute atomic E-state index is 13.6. The molecule has 4 heterocycles. The summed E-state index contributed by atoms with van der Waals surface area (Å²) in [5.74, 6) is 0.917. The second kappa shape index (κ2) is 10.9. The number of carbonyl (C=O) groups is 2. The fraction of sp³-hybridized carbons (Fsp3) is 0.300. The summed E-state index contributed by atoms with van der Waals surface area (Å²) >= 11 is 2.32. The first-order valence-electron chi connectivity index (χ1n) is 12.5. The number of piperidine rings is 3. The van der Waals surface area contributed by atoms with E-state index in [2.05, 4.69) is 51.7 Å². The lowest BCUT2D eigenvalue weighted by atomic mass is 9.73. The Morgan fingerprint density at radius 1 is 1.13 bits per heavy atom. The van der Waals surface area contributed by atoms with Crippen LogP contribution >= 0.6 is 22.6 Å². The van der Waals surface area contributed by atoms with Crippen molar-refractivity contribution in [3.05, 3.63) is 91.2 Å². The van der Waals surface area contributed by atoms with Crippen LogP contribution in [0.3, 0.4) is 0 Å². The highest BCUT2D eigenvalue weighted by Gasteiger charge is 2.52. The van der Waals surface area contributed by atoms with Crippen molar-refractivity contribution >= 4 is 45.4 Å². The molecule has 3 aromatic rings. The molecule has 3 aliphatic rings. The minimum Gasteiger partial charge on any atom is -0.497 e. The van der Waals surface area contributed by atoms with Crippen molar-refractivity contribution in [1.29, 1.82) is 0 Å². The quantitative estimate of drug-likeness (QED) is 0.0798. The summed E-state index contributed by atoms with van der Waals surface area (Å²) in [7, 11) is 1.63. The number of carbonyl (C=O) groups excluding carboxylic acids is 2. The molecule has 5 atom stereocenters. The van der Waals surface area contributed by atoms with Crippen LogP contribution in [0.2, 0.25) is 0 Å². The molecular formula is C30H29IN2O5. The number of nitrogens with zero attached hydrogens (tertiary/aromatic N) is 2. The number of hydrogen-bond donors (Lipinski definition) is 0. The molecule has 38 heavy (non-hydrogen) atoms. The van der Waals surface area contributed by atoms with E-state index < -0.39 is 15.5 Å². The van der Waals surface area contributed by atoms with Crippen LogP contribution in [0.25, 0.3) is 10.9 Å². The number of halogens is 1. The molecule has 0 spiro atoms. The molecule has 8 heteroatoms. The summed E-state index contributed by atoms with van der Waals surface area (Å²) in [5.41, 5.74) is 2.04. The SMILES string of the molecule is C=CC(=O)Oc1ccc(C(=O)OC(I)(c2ccnc3ccc(OC)cc23)[C@@H]2CC3CCN2C[C@@H]3C=C)cc1. The predicted octanol–water partition coefficient (Wildman–Crippen LogP) is 5.68. The first-order chi connectivity index (χ1) is 18.4. The van der Waals surface area contributed by atoms with Gasteiger partial charge in [0.2, 0.25) is 3.61 Å². The highest BCUT2D eigenvalue weighted by molar-refractivity contribution is 14.1. The van der Waals surface area contributed by atoms with Gasteiger partial charge in [-0.15, -0.1) is 6.58 Å². The zero-order chi connectivity index (χ0) is 26.9. The second-order valence-electron chi connectivity index (χ2n) is 9.62. The molecule has 0 amide bonds. The van der Waals surface area contributed by atoms with Gasteiger partial charge in [-0.2, -0.15) is 0 Å².